The quantitative estimate of drug-likeness (QED) is 0.828. The molecular weight excluding hydrogens is 234 g/mol. The molecule has 2 fully saturated rings. The highest BCUT2D eigenvalue weighted by atomic mass is 15.2. The molecular formula is C16H33N3. The zero-order chi connectivity index (χ0) is 13.8. The van der Waals surface area contributed by atoms with Gasteiger partial charge in [0.2, 0.25) is 0 Å². The minimum absolute atomic E-state index is 0.749. The van der Waals surface area contributed by atoms with E-state index in [9.17, 15) is 0 Å². The van der Waals surface area contributed by atoms with Gasteiger partial charge < -0.3 is 15.5 Å². The van der Waals surface area contributed by atoms with Crippen LogP contribution in [0.5, 0.6) is 0 Å². The maximum atomic E-state index is 5.93. The zero-order valence-electron chi connectivity index (χ0n) is 13.1. The van der Waals surface area contributed by atoms with E-state index in [0.29, 0.717) is 0 Å². The Balaban J connectivity index is 1.80. The number of likely N-dealkylation sites (tertiary alicyclic amines) is 1. The number of nitrogens with two attached hydrogens (primary N) is 1. The molecule has 0 aromatic heterocycles. The average molecular weight is 267 g/mol. The molecule has 2 unspecified atom stereocenters. The summed E-state index contributed by atoms with van der Waals surface area (Å²) in [7, 11) is 2.35. The van der Waals surface area contributed by atoms with E-state index in [1.165, 1.54) is 51.7 Å². The molecule has 1 saturated heterocycles. The molecule has 19 heavy (non-hydrogen) atoms. The fourth-order valence-corrected chi connectivity index (χ4v) is 4.12. The highest BCUT2D eigenvalue weighted by Gasteiger charge is 2.33. The molecule has 1 aliphatic carbocycles. The van der Waals surface area contributed by atoms with Crippen LogP contribution in [0.4, 0.5) is 0 Å². The van der Waals surface area contributed by atoms with E-state index in [1.807, 2.05) is 0 Å². The van der Waals surface area contributed by atoms with E-state index >= 15 is 0 Å². The van der Waals surface area contributed by atoms with Gasteiger partial charge in [-0.2, -0.15) is 0 Å². The van der Waals surface area contributed by atoms with E-state index in [1.54, 1.807) is 0 Å². The first-order valence-corrected chi connectivity index (χ1v) is 8.26. The number of piperidine rings is 1. The summed E-state index contributed by atoms with van der Waals surface area (Å²) >= 11 is 0. The Morgan fingerprint density at radius 1 is 1.16 bits per heavy atom. The van der Waals surface area contributed by atoms with Gasteiger partial charge in [-0.15, -0.1) is 0 Å². The van der Waals surface area contributed by atoms with Crippen LogP contribution >= 0.6 is 0 Å². The van der Waals surface area contributed by atoms with Crippen molar-refractivity contribution in [2.45, 2.75) is 58.0 Å². The molecule has 2 aliphatic rings. The first kappa shape index (κ1) is 15.3. The molecule has 0 bridgehead atoms. The molecule has 0 radical (unpaired) electrons. The van der Waals surface area contributed by atoms with Crippen LogP contribution in [-0.4, -0.2) is 55.1 Å². The standard InChI is InChI=1S/C16H33N3/c1-13(2)12-19-9-7-15(8-10-19)18(3)16-6-4-5-14(16)11-17/h13-16H,4-12,17H2,1-3H3. The number of hydrogen-bond donors (Lipinski definition) is 1. The van der Waals surface area contributed by atoms with Crippen LogP contribution in [0.1, 0.15) is 46.0 Å². The Bertz CT molecular complexity index is 259. The van der Waals surface area contributed by atoms with Crippen LogP contribution in [-0.2, 0) is 0 Å². The lowest BCUT2D eigenvalue weighted by Crippen LogP contribution is -2.49. The Kier molecular flexibility index (Phi) is 5.67. The molecule has 0 amide bonds. The monoisotopic (exact) mass is 267 g/mol. The molecule has 0 spiro atoms. The summed E-state index contributed by atoms with van der Waals surface area (Å²) in [4.78, 5) is 5.32. The fraction of sp³-hybridized carbons (Fsp3) is 1.00. The van der Waals surface area contributed by atoms with E-state index < -0.39 is 0 Å². The summed E-state index contributed by atoms with van der Waals surface area (Å²) in [6.45, 7) is 9.36. The van der Waals surface area contributed by atoms with Crippen molar-refractivity contribution >= 4 is 0 Å². The maximum Gasteiger partial charge on any atom is 0.0135 e. The van der Waals surface area contributed by atoms with Crippen LogP contribution in [0, 0.1) is 11.8 Å². The van der Waals surface area contributed by atoms with Crippen LogP contribution in [0.25, 0.3) is 0 Å². The van der Waals surface area contributed by atoms with Gasteiger partial charge in [0.1, 0.15) is 0 Å². The Labute approximate surface area is 119 Å². The minimum atomic E-state index is 0.749. The van der Waals surface area contributed by atoms with Gasteiger partial charge in [0.25, 0.3) is 0 Å². The smallest absolute Gasteiger partial charge is 0.0135 e. The second-order valence-electron chi connectivity index (χ2n) is 7.09. The van der Waals surface area contributed by atoms with Gasteiger partial charge >= 0.3 is 0 Å². The molecule has 3 heteroatoms. The highest BCUT2D eigenvalue weighted by molar-refractivity contribution is 4.89. The molecule has 2 atom stereocenters. The molecule has 0 aromatic rings. The van der Waals surface area contributed by atoms with Crippen LogP contribution in [0.3, 0.4) is 0 Å². The lowest BCUT2D eigenvalue weighted by molar-refractivity contribution is 0.0777. The summed E-state index contributed by atoms with van der Waals surface area (Å²) in [6, 6.07) is 1.55. The van der Waals surface area contributed by atoms with E-state index in [2.05, 4.69) is 30.7 Å². The predicted molar refractivity (Wildman–Crippen MR) is 82.2 cm³/mol. The summed E-state index contributed by atoms with van der Waals surface area (Å²) in [5, 5.41) is 0. The normalized spacial score (nSPS) is 30.6. The van der Waals surface area contributed by atoms with Gasteiger partial charge in [-0.1, -0.05) is 20.3 Å². The third-order valence-electron chi connectivity index (χ3n) is 5.20. The van der Waals surface area contributed by atoms with Gasteiger partial charge in [0.05, 0.1) is 0 Å². The number of nitrogens with zero attached hydrogens (tertiary/aromatic N) is 2. The Morgan fingerprint density at radius 3 is 2.42 bits per heavy atom. The van der Waals surface area contributed by atoms with Gasteiger partial charge in [0.15, 0.2) is 0 Å². The molecule has 3 nitrogen and oxygen atoms in total. The van der Waals surface area contributed by atoms with Crippen LogP contribution < -0.4 is 5.73 Å². The predicted octanol–water partition coefficient (Wildman–Crippen LogP) is 2.17. The molecule has 112 valence electrons. The van der Waals surface area contributed by atoms with Crippen molar-refractivity contribution in [2.75, 3.05) is 33.2 Å². The van der Waals surface area contributed by atoms with Crippen molar-refractivity contribution < 1.29 is 0 Å². The second-order valence-corrected chi connectivity index (χ2v) is 7.09. The average Bonchev–Trinajstić information content (AvgIpc) is 2.86. The van der Waals surface area contributed by atoms with Crippen molar-refractivity contribution in [2.24, 2.45) is 17.6 Å². The Morgan fingerprint density at radius 2 is 1.84 bits per heavy atom. The largest absolute Gasteiger partial charge is 0.330 e. The van der Waals surface area contributed by atoms with E-state index in [4.69, 9.17) is 5.73 Å². The lowest BCUT2D eigenvalue weighted by atomic mass is 9.96. The first-order valence-electron chi connectivity index (χ1n) is 8.26. The van der Waals surface area contributed by atoms with Crippen LogP contribution in [0.15, 0.2) is 0 Å². The van der Waals surface area contributed by atoms with Crippen LogP contribution in [0.2, 0.25) is 0 Å². The summed E-state index contributed by atoms with van der Waals surface area (Å²) in [5.74, 6) is 1.55. The number of rotatable bonds is 5. The molecule has 1 heterocycles. The third kappa shape index (κ3) is 3.93. The van der Waals surface area contributed by atoms with Gasteiger partial charge in [-0.25, -0.2) is 0 Å². The summed E-state index contributed by atoms with van der Waals surface area (Å²) in [6.07, 6.45) is 6.78. The fourth-order valence-electron chi connectivity index (χ4n) is 4.12. The maximum absolute atomic E-state index is 5.93. The van der Waals surface area contributed by atoms with Gasteiger partial charge in [-0.05, 0) is 64.2 Å². The van der Waals surface area contributed by atoms with Crippen molar-refractivity contribution in [3.8, 4) is 0 Å². The van der Waals surface area contributed by atoms with E-state index in [-0.39, 0.29) is 0 Å². The molecule has 0 aromatic carbocycles. The summed E-state index contributed by atoms with van der Waals surface area (Å²) < 4.78 is 0. The van der Waals surface area contributed by atoms with Crippen molar-refractivity contribution in [1.29, 1.82) is 0 Å². The zero-order valence-corrected chi connectivity index (χ0v) is 13.1. The topological polar surface area (TPSA) is 32.5 Å². The van der Waals surface area contributed by atoms with Crippen molar-refractivity contribution in [3.63, 3.8) is 0 Å². The summed E-state index contributed by atoms with van der Waals surface area (Å²) in [5.41, 5.74) is 5.93. The minimum Gasteiger partial charge on any atom is -0.330 e. The molecule has 1 aliphatic heterocycles. The van der Waals surface area contributed by atoms with Crippen molar-refractivity contribution in [3.05, 3.63) is 0 Å². The molecule has 2 rings (SSSR count). The molecule has 1 saturated carbocycles. The van der Waals surface area contributed by atoms with Gasteiger partial charge in [0, 0.05) is 18.6 Å². The SMILES string of the molecule is CC(C)CN1CCC(N(C)C2CCCC2CN)CC1. The number of hydrogen-bond acceptors (Lipinski definition) is 3. The Hall–Kier alpha value is -0.120. The second kappa shape index (κ2) is 7.05. The molecule has 2 N–H and O–H groups in total. The van der Waals surface area contributed by atoms with Crippen molar-refractivity contribution in [1.82, 2.24) is 9.80 Å². The van der Waals surface area contributed by atoms with E-state index in [0.717, 1.165) is 30.5 Å². The lowest BCUT2D eigenvalue weighted by Gasteiger charge is -2.41. The highest BCUT2D eigenvalue weighted by Crippen LogP contribution is 2.31. The van der Waals surface area contributed by atoms with Gasteiger partial charge in [-0.3, -0.25) is 0 Å². The third-order valence-corrected chi connectivity index (χ3v) is 5.20. The first-order chi connectivity index (χ1) is 9.11.